The summed E-state index contributed by atoms with van der Waals surface area (Å²) in [5, 5.41) is 4.64. The van der Waals surface area contributed by atoms with Crippen molar-refractivity contribution < 1.29 is 0 Å². The number of aromatic nitrogens is 5. The Bertz CT molecular complexity index is 3610. The monoisotopic (exact) mass is 825 g/mol. The summed E-state index contributed by atoms with van der Waals surface area (Å²) in [5.41, 5.74) is 15.1. The maximum Gasteiger partial charge on any atom is 0.238 e. The van der Waals surface area contributed by atoms with Crippen molar-refractivity contribution >= 4 is 43.6 Å². The van der Waals surface area contributed by atoms with Gasteiger partial charge in [0.15, 0.2) is 11.6 Å². The highest BCUT2D eigenvalue weighted by atomic mass is 15.2. The highest BCUT2D eigenvalue weighted by molar-refractivity contribution is 6.23. The van der Waals surface area contributed by atoms with Crippen LogP contribution in [0.5, 0.6) is 0 Å². The molecule has 1 aliphatic rings. The number of para-hydroxylation sites is 2. The van der Waals surface area contributed by atoms with Crippen LogP contribution in [0.15, 0.2) is 188 Å². The molecular weight excluding hydrogens is 779 g/mol. The van der Waals surface area contributed by atoms with Crippen LogP contribution >= 0.6 is 0 Å². The average Bonchev–Trinajstić information content (AvgIpc) is 3.91. The van der Waals surface area contributed by atoms with Crippen LogP contribution in [0.25, 0.3) is 100 Å². The Hall–Kier alpha value is -7.63. The van der Waals surface area contributed by atoms with Crippen LogP contribution in [-0.4, -0.2) is 24.1 Å². The first-order valence-electron chi connectivity index (χ1n) is 22.4. The fourth-order valence-electron chi connectivity index (χ4n) is 10.9. The second-order valence-electron chi connectivity index (χ2n) is 18.6. The highest BCUT2D eigenvalue weighted by Crippen LogP contribution is 2.56. The summed E-state index contributed by atoms with van der Waals surface area (Å²) in [5.74, 6) is 2.29. The lowest BCUT2D eigenvalue weighted by atomic mass is 9.71. The molecule has 0 saturated carbocycles. The van der Waals surface area contributed by atoms with E-state index in [9.17, 15) is 0 Å². The van der Waals surface area contributed by atoms with E-state index in [4.69, 9.17) is 15.0 Å². The molecule has 3 heterocycles. The van der Waals surface area contributed by atoms with Gasteiger partial charge in [-0.25, -0.2) is 4.98 Å². The SMILES string of the molecule is CC1C(C)(C)c2cccc(-c3cccc(-n4c5ccccc5c5ccc6c7ccccc7n(-c7nc(-c8ccccc8)nc(-c8ccc(-c9ccccc9)cc8)n7)c6c54)c3)c2C1(C)C. The molecular formula is C59H47N5. The molecule has 3 aromatic heterocycles. The quantitative estimate of drug-likeness (QED) is 0.168. The molecule has 0 spiro atoms. The molecule has 0 N–H and O–H groups in total. The number of hydrogen-bond acceptors (Lipinski definition) is 3. The summed E-state index contributed by atoms with van der Waals surface area (Å²) >= 11 is 0. The van der Waals surface area contributed by atoms with Crippen LogP contribution in [0, 0.1) is 5.92 Å². The Morgan fingerprint density at radius 1 is 0.406 bits per heavy atom. The molecule has 0 saturated heterocycles. The van der Waals surface area contributed by atoms with Gasteiger partial charge in [0.25, 0.3) is 0 Å². The molecule has 8 aromatic carbocycles. The van der Waals surface area contributed by atoms with Crippen molar-refractivity contribution in [3.63, 3.8) is 0 Å². The van der Waals surface area contributed by atoms with Crippen LogP contribution in [0.1, 0.15) is 45.7 Å². The predicted octanol–water partition coefficient (Wildman–Crippen LogP) is 14.9. The molecule has 1 atom stereocenters. The van der Waals surface area contributed by atoms with Gasteiger partial charge in [0.05, 0.1) is 22.1 Å². The molecule has 5 nitrogen and oxygen atoms in total. The Morgan fingerprint density at radius 2 is 0.906 bits per heavy atom. The van der Waals surface area contributed by atoms with Gasteiger partial charge in [-0.15, -0.1) is 0 Å². The minimum Gasteiger partial charge on any atom is -0.307 e. The van der Waals surface area contributed by atoms with Gasteiger partial charge in [-0.1, -0.05) is 198 Å². The summed E-state index contributed by atoms with van der Waals surface area (Å²) in [7, 11) is 0. The lowest BCUT2D eigenvalue weighted by molar-refractivity contribution is 0.264. The Balaban J connectivity index is 1.14. The van der Waals surface area contributed by atoms with E-state index in [1.807, 2.05) is 24.3 Å². The van der Waals surface area contributed by atoms with E-state index in [1.54, 1.807) is 0 Å². The molecule has 1 aliphatic carbocycles. The van der Waals surface area contributed by atoms with Crippen molar-refractivity contribution in [2.75, 3.05) is 0 Å². The van der Waals surface area contributed by atoms with Gasteiger partial charge >= 0.3 is 0 Å². The minimum atomic E-state index is 0.0112. The first-order valence-corrected chi connectivity index (χ1v) is 22.4. The third-order valence-corrected chi connectivity index (χ3v) is 14.6. The summed E-state index contributed by atoms with van der Waals surface area (Å²) in [4.78, 5) is 15.9. The van der Waals surface area contributed by atoms with Gasteiger partial charge < -0.3 is 4.57 Å². The number of nitrogens with zero attached hydrogens (tertiary/aromatic N) is 5. The van der Waals surface area contributed by atoms with Gasteiger partial charge in [-0.05, 0) is 74.4 Å². The van der Waals surface area contributed by atoms with Crippen LogP contribution in [-0.2, 0) is 10.8 Å². The topological polar surface area (TPSA) is 48.5 Å². The van der Waals surface area contributed by atoms with E-state index in [1.165, 1.54) is 38.6 Å². The molecule has 0 amide bonds. The molecule has 5 heteroatoms. The largest absolute Gasteiger partial charge is 0.307 e. The second-order valence-corrected chi connectivity index (χ2v) is 18.6. The van der Waals surface area contributed by atoms with Crippen molar-refractivity contribution in [3.05, 3.63) is 199 Å². The Morgan fingerprint density at radius 3 is 1.56 bits per heavy atom. The zero-order valence-corrected chi connectivity index (χ0v) is 36.7. The summed E-state index contributed by atoms with van der Waals surface area (Å²) in [6, 6.07) is 67.4. The van der Waals surface area contributed by atoms with Crippen molar-refractivity contribution in [1.82, 2.24) is 24.1 Å². The summed E-state index contributed by atoms with van der Waals surface area (Å²) < 4.78 is 4.74. The maximum absolute atomic E-state index is 5.39. The zero-order chi connectivity index (χ0) is 43.3. The molecule has 12 rings (SSSR count). The number of benzene rings is 8. The van der Waals surface area contributed by atoms with Crippen LogP contribution in [0.4, 0.5) is 0 Å². The van der Waals surface area contributed by atoms with Crippen molar-refractivity contribution in [2.24, 2.45) is 5.92 Å². The van der Waals surface area contributed by atoms with E-state index in [2.05, 4.69) is 208 Å². The first-order chi connectivity index (χ1) is 31.2. The molecule has 11 aromatic rings. The number of fused-ring (bicyclic) bond motifs is 8. The van der Waals surface area contributed by atoms with Crippen molar-refractivity contribution in [3.8, 4) is 56.7 Å². The van der Waals surface area contributed by atoms with Gasteiger partial charge in [0, 0.05) is 38.4 Å². The fraction of sp³-hybridized carbons (Fsp3) is 0.136. The second kappa shape index (κ2) is 14.2. The highest BCUT2D eigenvalue weighted by Gasteiger charge is 2.49. The molecule has 0 fully saturated rings. The number of hydrogen-bond donors (Lipinski definition) is 0. The fourth-order valence-corrected chi connectivity index (χ4v) is 10.9. The smallest absolute Gasteiger partial charge is 0.238 e. The molecule has 308 valence electrons. The minimum absolute atomic E-state index is 0.0112. The van der Waals surface area contributed by atoms with Gasteiger partial charge in [0.1, 0.15) is 0 Å². The van der Waals surface area contributed by atoms with Gasteiger partial charge in [-0.3, -0.25) is 4.57 Å². The van der Waals surface area contributed by atoms with E-state index < -0.39 is 0 Å². The molecule has 0 aliphatic heterocycles. The van der Waals surface area contributed by atoms with E-state index in [0.717, 1.165) is 55.2 Å². The van der Waals surface area contributed by atoms with Crippen LogP contribution in [0.2, 0.25) is 0 Å². The van der Waals surface area contributed by atoms with E-state index >= 15 is 0 Å². The summed E-state index contributed by atoms with van der Waals surface area (Å²) in [6.07, 6.45) is 0. The lowest BCUT2D eigenvalue weighted by Crippen LogP contribution is -2.31. The molecule has 0 radical (unpaired) electrons. The maximum atomic E-state index is 5.39. The van der Waals surface area contributed by atoms with Crippen molar-refractivity contribution in [1.29, 1.82) is 0 Å². The molecule has 1 unspecified atom stereocenters. The molecule has 0 bridgehead atoms. The Kier molecular flexibility index (Phi) is 8.45. The van der Waals surface area contributed by atoms with Gasteiger partial charge in [0.2, 0.25) is 5.95 Å². The van der Waals surface area contributed by atoms with Crippen molar-refractivity contribution in [2.45, 2.75) is 45.4 Å². The predicted molar refractivity (Wildman–Crippen MR) is 265 cm³/mol. The standard InChI is InChI=1S/C59H47N5/c1-37-58(2,3)49-27-17-26-44(52(49)59(37,4)5)42-22-16-23-43(36-42)63-50-28-14-12-24-45(50)47-34-35-48-46-25-13-15-29-51(46)64(54(48)53(47)63)57-61-55(40-20-10-7-11-21-40)60-56(62-57)41-32-30-39(31-33-41)38-18-8-6-9-19-38/h6-37H,1-5H3. The van der Waals surface area contributed by atoms with Crippen LogP contribution < -0.4 is 0 Å². The van der Waals surface area contributed by atoms with Gasteiger partial charge in [-0.2, -0.15) is 9.97 Å². The normalized spacial score (nSPS) is 15.4. The van der Waals surface area contributed by atoms with E-state index in [-0.39, 0.29) is 10.8 Å². The Labute approximate surface area is 373 Å². The third kappa shape index (κ3) is 5.66. The lowest BCUT2D eigenvalue weighted by Gasteiger charge is -2.33. The van der Waals surface area contributed by atoms with E-state index in [0.29, 0.717) is 23.5 Å². The summed E-state index contributed by atoms with van der Waals surface area (Å²) in [6.45, 7) is 12.1. The zero-order valence-electron chi connectivity index (χ0n) is 36.7. The third-order valence-electron chi connectivity index (χ3n) is 14.6. The first kappa shape index (κ1) is 38.1. The average molecular weight is 826 g/mol. The number of rotatable bonds is 6. The van der Waals surface area contributed by atoms with Crippen LogP contribution in [0.3, 0.4) is 0 Å². The molecule has 64 heavy (non-hydrogen) atoms.